The van der Waals surface area contributed by atoms with E-state index in [1.54, 1.807) is 0 Å². The van der Waals surface area contributed by atoms with Crippen LogP contribution in [0.1, 0.15) is 19.3 Å². The van der Waals surface area contributed by atoms with Crippen molar-refractivity contribution in [2.45, 2.75) is 68.1 Å². The minimum absolute atomic E-state index is 0.107. The Morgan fingerprint density at radius 1 is 1.00 bits per heavy atom. The molecule has 0 bridgehead atoms. The minimum Gasteiger partial charge on any atom is -0.389 e. The fraction of sp³-hybridized carbons (Fsp3) is 1.00. The van der Waals surface area contributed by atoms with Crippen LogP contribution in [0.4, 0.5) is 0 Å². The SMILES string of the molecule is NCC1CCC(N)C(OC2C(N)CC(N)C(O)C2O)O1. The van der Waals surface area contributed by atoms with E-state index in [-0.39, 0.29) is 12.1 Å². The Kier molecular flexibility index (Phi) is 5.32. The molecule has 0 aromatic carbocycles. The summed E-state index contributed by atoms with van der Waals surface area (Å²) < 4.78 is 11.4. The van der Waals surface area contributed by atoms with E-state index in [0.29, 0.717) is 13.0 Å². The van der Waals surface area contributed by atoms with Crippen molar-refractivity contribution >= 4 is 0 Å². The number of hydrogen-bond acceptors (Lipinski definition) is 8. The molecule has 8 unspecified atom stereocenters. The van der Waals surface area contributed by atoms with Gasteiger partial charge < -0.3 is 42.6 Å². The highest BCUT2D eigenvalue weighted by Gasteiger charge is 2.44. The summed E-state index contributed by atoms with van der Waals surface area (Å²) in [5.74, 6) is 0. The highest BCUT2D eigenvalue weighted by molar-refractivity contribution is 4.98. The van der Waals surface area contributed by atoms with Gasteiger partial charge >= 0.3 is 0 Å². The number of ether oxygens (including phenoxy) is 2. The van der Waals surface area contributed by atoms with Gasteiger partial charge in [-0.1, -0.05) is 0 Å². The number of nitrogens with two attached hydrogens (primary N) is 4. The number of rotatable bonds is 3. The third kappa shape index (κ3) is 3.29. The van der Waals surface area contributed by atoms with Crippen LogP contribution in [-0.2, 0) is 9.47 Å². The highest BCUT2D eigenvalue weighted by Crippen LogP contribution is 2.26. The first-order valence-electron chi connectivity index (χ1n) is 7.08. The van der Waals surface area contributed by atoms with Crippen LogP contribution in [-0.4, -0.2) is 65.6 Å². The lowest BCUT2D eigenvalue weighted by Gasteiger charge is -2.43. The van der Waals surface area contributed by atoms with E-state index in [4.69, 9.17) is 32.4 Å². The predicted molar refractivity (Wildman–Crippen MR) is 72.4 cm³/mol. The number of aliphatic hydroxyl groups excluding tert-OH is 2. The van der Waals surface area contributed by atoms with Gasteiger partial charge in [-0.15, -0.1) is 0 Å². The molecule has 2 aliphatic rings. The van der Waals surface area contributed by atoms with Crippen LogP contribution < -0.4 is 22.9 Å². The molecule has 2 fully saturated rings. The van der Waals surface area contributed by atoms with E-state index in [0.717, 1.165) is 12.8 Å². The molecule has 2 rings (SSSR count). The first kappa shape index (κ1) is 16.1. The van der Waals surface area contributed by atoms with E-state index in [1.165, 1.54) is 0 Å². The fourth-order valence-electron chi connectivity index (χ4n) is 2.80. The van der Waals surface area contributed by atoms with Gasteiger partial charge in [-0.3, -0.25) is 0 Å². The van der Waals surface area contributed by atoms with Gasteiger partial charge in [-0.25, -0.2) is 0 Å². The van der Waals surface area contributed by atoms with Crippen LogP contribution in [0, 0.1) is 0 Å². The van der Waals surface area contributed by atoms with Gasteiger partial charge in [-0.2, -0.15) is 0 Å². The normalized spacial score (nSPS) is 50.1. The Labute approximate surface area is 118 Å². The average Bonchev–Trinajstić information content (AvgIpc) is 2.43. The number of aliphatic hydroxyl groups is 2. The second-order valence-electron chi connectivity index (χ2n) is 5.75. The highest BCUT2D eigenvalue weighted by atomic mass is 16.7. The van der Waals surface area contributed by atoms with E-state index in [9.17, 15) is 10.2 Å². The second-order valence-corrected chi connectivity index (χ2v) is 5.75. The van der Waals surface area contributed by atoms with Crippen LogP contribution in [0.3, 0.4) is 0 Å². The molecule has 8 heteroatoms. The molecule has 1 heterocycles. The molecule has 0 spiro atoms. The monoisotopic (exact) mass is 290 g/mol. The van der Waals surface area contributed by atoms with E-state index in [1.807, 2.05) is 0 Å². The largest absolute Gasteiger partial charge is 0.389 e. The Morgan fingerprint density at radius 3 is 2.35 bits per heavy atom. The van der Waals surface area contributed by atoms with Crippen molar-refractivity contribution in [3.63, 3.8) is 0 Å². The summed E-state index contributed by atoms with van der Waals surface area (Å²) in [6, 6.07) is -1.33. The van der Waals surface area contributed by atoms with Crippen LogP contribution >= 0.6 is 0 Å². The lowest BCUT2D eigenvalue weighted by molar-refractivity contribution is -0.251. The summed E-state index contributed by atoms with van der Waals surface area (Å²) in [5, 5.41) is 19.9. The van der Waals surface area contributed by atoms with E-state index >= 15 is 0 Å². The van der Waals surface area contributed by atoms with Crippen molar-refractivity contribution in [3.8, 4) is 0 Å². The molecule has 118 valence electrons. The van der Waals surface area contributed by atoms with Crippen LogP contribution in [0.15, 0.2) is 0 Å². The molecule has 20 heavy (non-hydrogen) atoms. The molecule has 1 aliphatic heterocycles. The Morgan fingerprint density at radius 2 is 1.70 bits per heavy atom. The van der Waals surface area contributed by atoms with Crippen molar-refractivity contribution < 1.29 is 19.7 Å². The van der Waals surface area contributed by atoms with Gasteiger partial charge in [0.1, 0.15) is 12.2 Å². The summed E-state index contributed by atoms with van der Waals surface area (Å²) in [6.45, 7) is 0.388. The standard InChI is InChI=1S/C12H26N4O4/c13-4-5-1-2-6(14)12(19-5)20-11-8(16)3-7(15)9(17)10(11)18/h5-12,17-18H,1-4,13-16H2. The molecule has 0 aromatic heterocycles. The molecule has 0 aromatic rings. The van der Waals surface area contributed by atoms with Crippen molar-refractivity contribution in [1.82, 2.24) is 0 Å². The topological polar surface area (TPSA) is 163 Å². The summed E-state index contributed by atoms with van der Waals surface area (Å²) in [6.07, 6.45) is -1.87. The molecule has 1 saturated carbocycles. The lowest BCUT2D eigenvalue weighted by Crippen LogP contribution is -2.64. The molecular formula is C12H26N4O4. The number of hydrogen-bond donors (Lipinski definition) is 6. The first-order valence-corrected chi connectivity index (χ1v) is 7.08. The van der Waals surface area contributed by atoms with Crippen molar-refractivity contribution in [1.29, 1.82) is 0 Å². The quantitative estimate of drug-likeness (QED) is 0.319. The molecule has 0 amide bonds. The average molecular weight is 290 g/mol. The molecule has 8 nitrogen and oxygen atoms in total. The minimum atomic E-state index is -1.15. The van der Waals surface area contributed by atoms with Crippen molar-refractivity contribution in [2.75, 3.05) is 6.54 Å². The van der Waals surface area contributed by atoms with Crippen LogP contribution in [0.2, 0.25) is 0 Å². The van der Waals surface area contributed by atoms with Gasteiger partial charge in [0.05, 0.1) is 18.2 Å². The molecule has 8 atom stereocenters. The zero-order valence-electron chi connectivity index (χ0n) is 11.5. The fourth-order valence-corrected chi connectivity index (χ4v) is 2.80. The Bertz CT molecular complexity index is 322. The summed E-state index contributed by atoms with van der Waals surface area (Å²) in [7, 11) is 0. The van der Waals surface area contributed by atoms with Gasteiger partial charge in [0.15, 0.2) is 6.29 Å². The molecule has 1 aliphatic carbocycles. The van der Waals surface area contributed by atoms with Crippen molar-refractivity contribution in [2.24, 2.45) is 22.9 Å². The molecular weight excluding hydrogens is 264 g/mol. The maximum absolute atomic E-state index is 10.1. The summed E-state index contributed by atoms with van der Waals surface area (Å²) >= 11 is 0. The Balaban J connectivity index is 2.00. The predicted octanol–water partition coefficient (Wildman–Crippen LogP) is -3.06. The van der Waals surface area contributed by atoms with Crippen molar-refractivity contribution in [3.05, 3.63) is 0 Å². The van der Waals surface area contributed by atoms with E-state index in [2.05, 4.69) is 0 Å². The lowest BCUT2D eigenvalue weighted by atomic mass is 9.84. The first-order chi connectivity index (χ1) is 9.43. The maximum Gasteiger partial charge on any atom is 0.173 e. The van der Waals surface area contributed by atoms with Crippen LogP contribution in [0.25, 0.3) is 0 Å². The molecule has 10 N–H and O–H groups in total. The van der Waals surface area contributed by atoms with Gasteiger partial charge in [-0.05, 0) is 19.3 Å². The Hall–Kier alpha value is -0.320. The molecule has 0 radical (unpaired) electrons. The van der Waals surface area contributed by atoms with Gasteiger partial charge in [0, 0.05) is 18.6 Å². The van der Waals surface area contributed by atoms with Gasteiger partial charge in [0.2, 0.25) is 0 Å². The molecule has 1 saturated heterocycles. The third-order valence-electron chi connectivity index (χ3n) is 4.14. The van der Waals surface area contributed by atoms with E-state index < -0.39 is 36.7 Å². The van der Waals surface area contributed by atoms with Gasteiger partial charge in [0.25, 0.3) is 0 Å². The van der Waals surface area contributed by atoms with Crippen LogP contribution in [0.5, 0.6) is 0 Å². The zero-order chi connectivity index (χ0) is 14.9. The smallest absolute Gasteiger partial charge is 0.173 e. The summed E-state index contributed by atoms with van der Waals surface area (Å²) in [4.78, 5) is 0. The summed E-state index contributed by atoms with van der Waals surface area (Å²) in [5.41, 5.74) is 23.2. The third-order valence-corrected chi connectivity index (χ3v) is 4.14. The zero-order valence-corrected chi connectivity index (χ0v) is 11.5. The second kappa shape index (κ2) is 6.63. The maximum atomic E-state index is 10.1.